The van der Waals surface area contributed by atoms with Crippen LogP contribution in [0.4, 0.5) is 5.69 Å². The number of benzene rings is 2. The Morgan fingerprint density at radius 3 is 2.67 bits per heavy atom. The summed E-state index contributed by atoms with van der Waals surface area (Å²) in [6, 6.07) is 10.4. The molecule has 0 saturated carbocycles. The van der Waals surface area contributed by atoms with E-state index in [0.717, 1.165) is 0 Å². The molecule has 0 aromatic heterocycles. The van der Waals surface area contributed by atoms with Crippen molar-refractivity contribution in [3.63, 3.8) is 0 Å². The molecule has 2 aromatic carbocycles. The van der Waals surface area contributed by atoms with Gasteiger partial charge in [-0.3, -0.25) is 4.72 Å². The zero-order valence-electron chi connectivity index (χ0n) is 11.2. The summed E-state index contributed by atoms with van der Waals surface area (Å²) in [5.41, 5.74) is 0.288. The number of sulfonamides is 1. The number of phenolic OH excluding ortho intramolecular Hbond substituents is 1. The van der Waals surface area contributed by atoms with Crippen molar-refractivity contribution in [1.29, 1.82) is 0 Å². The number of anilines is 1. The van der Waals surface area contributed by atoms with Crippen molar-refractivity contribution in [3.8, 4) is 11.5 Å². The molecule has 21 heavy (non-hydrogen) atoms. The zero-order chi connectivity index (χ0) is 15.5. The van der Waals surface area contributed by atoms with Crippen LogP contribution in [-0.2, 0) is 10.0 Å². The highest BCUT2D eigenvalue weighted by Crippen LogP contribution is 2.29. The van der Waals surface area contributed by atoms with Crippen molar-refractivity contribution in [2.45, 2.75) is 11.8 Å². The summed E-state index contributed by atoms with van der Waals surface area (Å²) >= 11 is 3.30. The van der Waals surface area contributed by atoms with Crippen LogP contribution >= 0.6 is 15.9 Å². The molecule has 0 amide bonds. The Morgan fingerprint density at radius 1 is 1.24 bits per heavy atom. The van der Waals surface area contributed by atoms with E-state index in [9.17, 15) is 13.5 Å². The van der Waals surface area contributed by atoms with E-state index in [0.29, 0.717) is 16.8 Å². The van der Waals surface area contributed by atoms with E-state index in [1.54, 1.807) is 18.2 Å². The van der Waals surface area contributed by atoms with Crippen LogP contribution in [0.1, 0.15) is 6.92 Å². The third-order valence-corrected chi connectivity index (χ3v) is 4.65. The van der Waals surface area contributed by atoms with Gasteiger partial charge in [-0.2, -0.15) is 0 Å². The van der Waals surface area contributed by atoms with Crippen molar-refractivity contribution >= 4 is 31.6 Å². The molecule has 2 rings (SSSR count). The number of rotatable bonds is 5. The van der Waals surface area contributed by atoms with Gasteiger partial charge in [-0.25, -0.2) is 8.42 Å². The number of phenols is 1. The summed E-state index contributed by atoms with van der Waals surface area (Å²) < 4.78 is 33.1. The second-order valence-corrected chi connectivity index (χ2v) is 6.72. The van der Waals surface area contributed by atoms with Crippen molar-refractivity contribution < 1.29 is 18.3 Å². The highest BCUT2D eigenvalue weighted by Gasteiger charge is 2.16. The Balaban J connectivity index is 2.33. The maximum Gasteiger partial charge on any atom is 0.262 e. The van der Waals surface area contributed by atoms with Gasteiger partial charge < -0.3 is 9.84 Å². The first-order valence-electron chi connectivity index (χ1n) is 6.16. The zero-order valence-corrected chi connectivity index (χ0v) is 13.6. The van der Waals surface area contributed by atoms with Crippen LogP contribution in [0, 0.1) is 0 Å². The fourth-order valence-electron chi connectivity index (χ4n) is 1.70. The molecular weight excluding hydrogens is 358 g/mol. The molecule has 0 fully saturated rings. The molecule has 0 aliphatic rings. The molecule has 0 aliphatic carbocycles. The summed E-state index contributed by atoms with van der Waals surface area (Å²) in [4.78, 5) is 0.0810. The summed E-state index contributed by atoms with van der Waals surface area (Å²) in [7, 11) is -3.75. The van der Waals surface area contributed by atoms with Gasteiger partial charge in [0.25, 0.3) is 10.0 Å². The first-order valence-corrected chi connectivity index (χ1v) is 8.44. The molecule has 2 N–H and O–H groups in total. The first-order chi connectivity index (χ1) is 9.92. The minimum atomic E-state index is -3.75. The smallest absolute Gasteiger partial charge is 0.262 e. The molecule has 2 aromatic rings. The van der Waals surface area contributed by atoms with Gasteiger partial charge in [0.05, 0.1) is 21.7 Å². The molecule has 7 heteroatoms. The number of nitrogens with one attached hydrogen (secondary N) is 1. The topological polar surface area (TPSA) is 75.6 Å². The summed E-state index contributed by atoms with van der Waals surface area (Å²) in [5.74, 6) is 0.442. The predicted molar refractivity (Wildman–Crippen MR) is 84.2 cm³/mol. The van der Waals surface area contributed by atoms with E-state index >= 15 is 0 Å². The van der Waals surface area contributed by atoms with Gasteiger partial charge in [0.1, 0.15) is 11.5 Å². The average molecular weight is 372 g/mol. The van der Waals surface area contributed by atoms with E-state index in [1.807, 2.05) is 6.92 Å². The van der Waals surface area contributed by atoms with Crippen molar-refractivity contribution in [1.82, 2.24) is 0 Å². The quantitative estimate of drug-likeness (QED) is 0.844. The Kier molecular flexibility index (Phi) is 4.74. The Labute approximate surface area is 131 Å². The van der Waals surface area contributed by atoms with Gasteiger partial charge in [-0.15, -0.1) is 0 Å². The van der Waals surface area contributed by atoms with Gasteiger partial charge in [-0.05, 0) is 47.1 Å². The molecule has 0 saturated heterocycles. The molecular formula is C14H14BrNO4S. The molecule has 0 heterocycles. The molecule has 0 bridgehead atoms. The van der Waals surface area contributed by atoms with E-state index < -0.39 is 10.0 Å². The van der Waals surface area contributed by atoms with Gasteiger partial charge in [-0.1, -0.05) is 6.07 Å². The van der Waals surface area contributed by atoms with Crippen LogP contribution in [0.2, 0.25) is 0 Å². The standard InChI is InChI=1S/C14H14BrNO4S/c1-2-20-14-9-12(6-7-13(14)15)21(18,19)16-10-4-3-5-11(17)8-10/h3-9,16-17H,2H2,1H3. The minimum Gasteiger partial charge on any atom is -0.508 e. The Bertz CT molecular complexity index is 746. The van der Waals surface area contributed by atoms with Crippen LogP contribution in [0.25, 0.3) is 0 Å². The largest absolute Gasteiger partial charge is 0.508 e. The molecule has 0 aliphatic heterocycles. The number of halogens is 1. The molecule has 0 unspecified atom stereocenters. The highest BCUT2D eigenvalue weighted by molar-refractivity contribution is 9.10. The average Bonchev–Trinajstić information content (AvgIpc) is 2.41. The minimum absolute atomic E-state index is 0.0130. The monoisotopic (exact) mass is 371 g/mol. The second-order valence-electron chi connectivity index (χ2n) is 4.18. The van der Waals surface area contributed by atoms with Gasteiger partial charge in [0.15, 0.2) is 0 Å². The predicted octanol–water partition coefficient (Wildman–Crippen LogP) is 3.35. The van der Waals surface area contributed by atoms with Crippen LogP contribution in [0.5, 0.6) is 11.5 Å². The number of aromatic hydroxyl groups is 1. The lowest BCUT2D eigenvalue weighted by molar-refractivity contribution is 0.337. The third kappa shape index (κ3) is 3.89. The van der Waals surface area contributed by atoms with Crippen LogP contribution in [0.3, 0.4) is 0 Å². The van der Waals surface area contributed by atoms with Crippen molar-refractivity contribution in [2.24, 2.45) is 0 Å². The molecule has 0 spiro atoms. The first kappa shape index (κ1) is 15.7. The highest BCUT2D eigenvalue weighted by atomic mass is 79.9. The third-order valence-electron chi connectivity index (χ3n) is 2.61. The second kappa shape index (κ2) is 6.36. The summed E-state index contributed by atoms with van der Waals surface area (Å²) in [5, 5.41) is 9.37. The normalized spacial score (nSPS) is 11.1. The number of ether oxygens (including phenoxy) is 1. The van der Waals surface area contributed by atoms with Crippen LogP contribution in [0.15, 0.2) is 51.8 Å². The number of hydrogen-bond donors (Lipinski definition) is 2. The molecule has 0 atom stereocenters. The Morgan fingerprint density at radius 2 is 2.00 bits per heavy atom. The summed E-state index contributed by atoms with van der Waals surface area (Å²) in [6.07, 6.45) is 0. The lowest BCUT2D eigenvalue weighted by Gasteiger charge is -2.11. The summed E-state index contributed by atoms with van der Waals surface area (Å²) in [6.45, 7) is 2.25. The molecule has 112 valence electrons. The Hall–Kier alpha value is -1.73. The van der Waals surface area contributed by atoms with Gasteiger partial charge in [0, 0.05) is 12.1 Å². The number of hydrogen-bond acceptors (Lipinski definition) is 4. The van der Waals surface area contributed by atoms with Gasteiger partial charge >= 0.3 is 0 Å². The van der Waals surface area contributed by atoms with Crippen molar-refractivity contribution in [2.75, 3.05) is 11.3 Å². The van der Waals surface area contributed by atoms with E-state index in [1.165, 1.54) is 24.3 Å². The fourth-order valence-corrected chi connectivity index (χ4v) is 3.13. The van der Waals surface area contributed by atoms with Crippen molar-refractivity contribution in [3.05, 3.63) is 46.9 Å². The molecule has 0 radical (unpaired) electrons. The van der Waals surface area contributed by atoms with E-state index in [2.05, 4.69) is 20.7 Å². The van der Waals surface area contributed by atoms with E-state index in [-0.39, 0.29) is 16.3 Å². The van der Waals surface area contributed by atoms with E-state index in [4.69, 9.17) is 4.74 Å². The fraction of sp³-hybridized carbons (Fsp3) is 0.143. The maximum absolute atomic E-state index is 12.3. The maximum atomic E-state index is 12.3. The lowest BCUT2D eigenvalue weighted by atomic mass is 10.3. The lowest BCUT2D eigenvalue weighted by Crippen LogP contribution is -2.13. The molecule has 5 nitrogen and oxygen atoms in total. The van der Waals surface area contributed by atoms with Crippen LogP contribution in [-0.4, -0.2) is 20.1 Å². The SMILES string of the molecule is CCOc1cc(S(=O)(=O)Nc2cccc(O)c2)ccc1Br. The van der Waals surface area contributed by atoms with Gasteiger partial charge in [0.2, 0.25) is 0 Å². The van der Waals surface area contributed by atoms with Crippen LogP contribution < -0.4 is 9.46 Å².